The van der Waals surface area contributed by atoms with Crippen LogP contribution in [-0.2, 0) is 0 Å². The fourth-order valence-electron chi connectivity index (χ4n) is 1.46. The van der Waals surface area contributed by atoms with Crippen LogP contribution in [0, 0.1) is 6.92 Å². The van der Waals surface area contributed by atoms with Gasteiger partial charge in [-0.25, -0.2) is 0 Å². The highest BCUT2D eigenvalue weighted by atomic mass is 35.5. The van der Waals surface area contributed by atoms with Crippen LogP contribution in [0.25, 0.3) is 11.1 Å². The highest BCUT2D eigenvalue weighted by molar-refractivity contribution is 6.36. The van der Waals surface area contributed by atoms with E-state index in [2.05, 4.69) is 6.92 Å². The Morgan fingerprint density at radius 2 is 1.73 bits per heavy atom. The zero-order valence-corrected chi connectivity index (χ0v) is 9.52. The van der Waals surface area contributed by atoms with Crippen LogP contribution >= 0.6 is 23.2 Å². The molecule has 0 aromatic heterocycles. The van der Waals surface area contributed by atoms with Crippen molar-refractivity contribution in [3.8, 4) is 11.1 Å². The van der Waals surface area contributed by atoms with Gasteiger partial charge in [0.15, 0.2) is 0 Å². The van der Waals surface area contributed by atoms with Crippen LogP contribution in [0.2, 0.25) is 10.0 Å². The first-order valence-corrected chi connectivity index (χ1v) is 5.30. The van der Waals surface area contributed by atoms with E-state index in [0.29, 0.717) is 10.0 Å². The first-order valence-electron chi connectivity index (χ1n) is 4.54. The van der Waals surface area contributed by atoms with Crippen molar-refractivity contribution in [2.75, 3.05) is 0 Å². The number of benzene rings is 2. The average Bonchev–Trinajstić information content (AvgIpc) is 2.17. The highest BCUT2D eigenvalue weighted by Gasteiger charge is 2.03. The Morgan fingerprint density at radius 1 is 0.933 bits per heavy atom. The Balaban J connectivity index is 2.54. The predicted octanol–water partition coefficient (Wildman–Crippen LogP) is 4.84. The van der Waals surface area contributed by atoms with Crippen LogP contribution in [0.5, 0.6) is 0 Å². The summed E-state index contributed by atoms with van der Waals surface area (Å²) in [4.78, 5) is 0. The minimum absolute atomic E-state index is 0.648. The first-order chi connectivity index (χ1) is 7.16. The lowest BCUT2D eigenvalue weighted by Gasteiger charge is -2.05. The molecule has 15 heavy (non-hydrogen) atoms. The fraction of sp³-hybridized carbons (Fsp3) is 0. The molecule has 0 fully saturated rings. The molecule has 0 nitrogen and oxygen atoms in total. The number of rotatable bonds is 1. The van der Waals surface area contributed by atoms with E-state index in [9.17, 15) is 0 Å². The molecule has 0 aliphatic rings. The summed E-state index contributed by atoms with van der Waals surface area (Å²) >= 11 is 12.0. The van der Waals surface area contributed by atoms with Crippen LogP contribution in [0.4, 0.5) is 0 Å². The van der Waals surface area contributed by atoms with Gasteiger partial charge >= 0.3 is 0 Å². The normalized spacial score (nSPS) is 10.3. The number of halogens is 2. The molecular weight excluding hydrogens is 227 g/mol. The zero-order chi connectivity index (χ0) is 10.8. The van der Waals surface area contributed by atoms with Gasteiger partial charge in [-0.1, -0.05) is 53.5 Å². The second-order valence-electron chi connectivity index (χ2n) is 3.32. The monoisotopic (exact) mass is 235 g/mol. The van der Waals surface area contributed by atoms with Crippen molar-refractivity contribution in [2.24, 2.45) is 0 Å². The Morgan fingerprint density at radius 3 is 2.40 bits per heavy atom. The smallest absolute Gasteiger partial charge is 0.0499 e. The van der Waals surface area contributed by atoms with Crippen LogP contribution in [0.15, 0.2) is 42.5 Å². The lowest BCUT2D eigenvalue weighted by molar-refractivity contribution is 1.57. The van der Waals surface area contributed by atoms with Crippen molar-refractivity contribution >= 4 is 23.2 Å². The zero-order valence-electron chi connectivity index (χ0n) is 8.00. The second-order valence-corrected chi connectivity index (χ2v) is 4.17. The van der Waals surface area contributed by atoms with E-state index in [4.69, 9.17) is 23.2 Å². The first kappa shape index (κ1) is 10.5. The van der Waals surface area contributed by atoms with E-state index in [1.807, 2.05) is 36.4 Å². The van der Waals surface area contributed by atoms with Crippen LogP contribution in [0.3, 0.4) is 0 Å². The van der Waals surface area contributed by atoms with E-state index in [0.717, 1.165) is 16.7 Å². The fourth-order valence-corrected chi connectivity index (χ4v) is 1.98. The van der Waals surface area contributed by atoms with Crippen molar-refractivity contribution in [1.82, 2.24) is 0 Å². The van der Waals surface area contributed by atoms with Crippen molar-refractivity contribution in [3.05, 3.63) is 65.0 Å². The maximum Gasteiger partial charge on any atom is 0.0499 e. The molecule has 0 unspecified atom stereocenters. The Hall–Kier alpha value is -0.980. The SMILES string of the molecule is [CH2]c1cccc(-c2ccc(Cl)cc2Cl)c1. The van der Waals surface area contributed by atoms with Gasteiger partial charge in [0.05, 0.1) is 0 Å². The summed E-state index contributed by atoms with van der Waals surface area (Å²) in [5.74, 6) is 0. The summed E-state index contributed by atoms with van der Waals surface area (Å²) in [6, 6.07) is 13.4. The Kier molecular flexibility index (Phi) is 2.99. The van der Waals surface area contributed by atoms with E-state index in [1.54, 1.807) is 6.07 Å². The molecule has 0 bridgehead atoms. The third kappa shape index (κ3) is 2.34. The molecule has 0 saturated carbocycles. The molecule has 0 aliphatic heterocycles. The predicted molar refractivity (Wildman–Crippen MR) is 66.4 cm³/mol. The lowest BCUT2D eigenvalue weighted by atomic mass is 10.0. The molecule has 2 aromatic rings. The molecule has 0 aliphatic carbocycles. The van der Waals surface area contributed by atoms with Crippen LogP contribution in [0.1, 0.15) is 5.56 Å². The Labute approximate surface area is 99.5 Å². The summed E-state index contributed by atoms with van der Waals surface area (Å²) in [6.45, 7) is 3.88. The highest BCUT2D eigenvalue weighted by Crippen LogP contribution is 2.30. The molecule has 0 spiro atoms. The summed E-state index contributed by atoms with van der Waals surface area (Å²) in [5, 5.41) is 1.31. The maximum absolute atomic E-state index is 6.11. The van der Waals surface area contributed by atoms with Gasteiger partial charge in [-0.05, 0) is 30.2 Å². The summed E-state index contributed by atoms with van der Waals surface area (Å²) in [5.41, 5.74) is 3.01. The van der Waals surface area contributed by atoms with E-state index in [-0.39, 0.29) is 0 Å². The molecule has 2 aromatic carbocycles. The molecule has 0 atom stereocenters. The molecule has 2 rings (SSSR count). The molecule has 0 saturated heterocycles. The molecule has 75 valence electrons. The minimum Gasteiger partial charge on any atom is -0.0843 e. The van der Waals surface area contributed by atoms with Crippen molar-refractivity contribution in [1.29, 1.82) is 0 Å². The quantitative estimate of drug-likeness (QED) is 0.664. The van der Waals surface area contributed by atoms with Crippen molar-refractivity contribution in [2.45, 2.75) is 0 Å². The van der Waals surface area contributed by atoms with Gasteiger partial charge in [0.25, 0.3) is 0 Å². The van der Waals surface area contributed by atoms with E-state index in [1.165, 1.54) is 0 Å². The summed E-state index contributed by atoms with van der Waals surface area (Å²) in [7, 11) is 0. The second kappa shape index (κ2) is 4.26. The van der Waals surface area contributed by atoms with Gasteiger partial charge < -0.3 is 0 Å². The van der Waals surface area contributed by atoms with Crippen LogP contribution in [-0.4, -0.2) is 0 Å². The van der Waals surface area contributed by atoms with E-state index >= 15 is 0 Å². The van der Waals surface area contributed by atoms with Crippen molar-refractivity contribution < 1.29 is 0 Å². The van der Waals surface area contributed by atoms with Gasteiger partial charge in [-0.3, -0.25) is 0 Å². The molecule has 0 N–H and O–H groups in total. The molecular formula is C13H9Cl2. The Bertz CT molecular complexity index is 490. The molecule has 1 radical (unpaired) electrons. The van der Waals surface area contributed by atoms with Crippen molar-refractivity contribution in [3.63, 3.8) is 0 Å². The number of hydrogen-bond acceptors (Lipinski definition) is 0. The van der Waals surface area contributed by atoms with E-state index < -0.39 is 0 Å². The number of hydrogen-bond donors (Lipinski definition) is 0. The van der Waals surface area contributed by atoms with Gasteiger partial charge in [0.1, 0.15) is 0 Å². The average molecular weight is 236 g/mol. The minimum atomic E-state index is 0.648. The standard InChI is InChI=1S/C13H9Cl2/c1-9-3-2-4-10(7-9)12-6-5-11(14)8-13(12)15/h2-8H,1H2. The topological polar surface area (TPSA) is 0 Å². The summed E-state index contributed by atoms with van der Waals surface area (Å²) in [6.07, 6.45) is 0. The lowest BCUT2D eigenvalue weighted by Crippen LogP contribution is -1.80. The van der Waals surface area contributed by atoms with Gasteiger partial charge in [0, 0.05) is 15.6 Å². The molecule has 2 heteroatoms. The van der Waals surface area contributed by atoms with Crippen LogP contribution < -0.4 is 0 Å². The molecule has 0 amide bonds. The van der Waals surface area contributed by atoms with Gasteiger partial charge in [-0.2, -0.15) is 0 Å². The largest absolute Gasteiger partial charge is 0.0843 e. The molecule has 0 heterocycles. The van der Waals surface area contributed by atoms with Gasteiger partial charge in [0.2, 0.25) is 0 Å². The van der Waals surface area contributed by atoms with Gasteiger partial charge in [-0.15, -0.1) is 0 Å². The summed E-state index contributed by atoms with van der Waals surface area (Å²) < 4.78 is 0. The maximum atomic E-state index is 6.11. The third-order valence-corrected chi connectivity index (χ3v) is 2.72. The third-order valence-electron chi connectivity index (χ3n) is 2.17.